The van der Waals surface area contributed by atoms with Gasteiger partial charge in [0, 0.05) is 0 Å². The summed E-state index contributed by atoms with van der Waals surface area (Å²) in [6, 6.07) is 5.41. The molecule has 0 aliphatic rings. The summed E-state index contributed by atoms with van der Waals surface area (Å²) >= 11 is 1.97. The molecule has 1 aromatic carbocycles. The van der Waals surface area contributed by atoms with Crippen molar-refractivity contribution >= 4 is 28.6 Å². The van der Waals surface area contributed by atoms with E-state index in [1.165, 1.54) is 12.1 Å². The lowest BCUT2D eigenvalue weighted by Gasteiger charge is -2.14. The van der Waals surface area contributed by atoms with Crippen LogP contribution in [0.15, 0.2) is 24.3 Å². The number of nitrogens with two attached hydrogens (primary N) is 1. The Morgan fingerprint density at radius 1 is 1.33 bits per heavy atom. The van der Waals surface area contributed by atoms with Crippen molar-refractivity contribution in [1.82, 2.24) is 0 Å². The first-order chi connectivity index (χ1) is 6.52. The first kappa shape index (κ1) is 14.2. The molecular formula is C10H14INO3. The Morgan fingerprint density at radius 2 is 1.80 bits per heavy atom. The topological polar surface area (TPSA) is 83.6 Å². The van der Waals surface area contributed by atoms with Crippen LogP contribution >= 0.6 is 22.6 Å². The summed E-state index contributed by atoms with van der Waals surface area (Å²) in [5.41, 5.74) is 6.25. The third kappa shape index (κ3) is 3.67. The Balaban J connectivity index is 0.00000196. The van der Waals surface area contributed by atoms with Gasteiger partial charge >= 0.3 is 5.97 Å². The fourth-order valence-corrected chi connectivity index (χ4v) is 1.71. The second-order valence-corrected chi connectivity index (χ2v) is 4.20. The van der Waals surface area contributed by atoms with Gasteiger partial charge in [0.1, 0.15) is 11.8 Å². The van der Waals surface area contributed by atoms with Crippen molar-refractivity contribution < 1.29 is 15.0 Å². The highest BCUT2D eigenvalue weighted by atomic mass is 127. The van der Waals surface area contributed by atoms with Crippen molar-refractivity contribution in [2.45, 2.75) is 17.4 Å². The van der Waals surface area contributed by atoms with Gasteiger partial charge in [-0.1, -0.05) is 42.2 Å². The molecule has 4 N–H and O–H groups in total. The van der Waals surface area contributed by atoms with Crippen LogP contribution in [0.3, 0.4) is 0 Å². The van der Waals surface area contributed by atoms with Gasteiger partial charge in [0.2, 0.25) is 0 Å². The minimum Gasteiger partial charge on any atom is -0.508 e. The average Bonchev–Trinajstić information content (AvgIpc) is 2.16. The Kier molecular flexibility index (Phi) is 5.59. The van der Waals surface area contributed by atoms with Crippen molar-refractivity contribution in [3.8, 4) is 5.75 Å². The minimum atomic E-state index is -1.03. The number of phenols is 1. The number of hydrogen-bond acceptors (Lipinski definition) is 3. The number of carbonyl (C=O) groups is 1. The third-order valence-electron chi connectivity index (χ3n) is 1.81. The number of aromatic hydroxyl groups is 1. The molecule has 0 radical (unpaired) electrons. The average molecular weight is 323 g/mol. The van der Waals surface area contributed by atoms with Gasteiger partial charge in [0.05, 0.1) is 3.92 Å². The van der Waals surface area contributed by atoms with Gasteiger partial charge in [-0.3, -0.25) is 4.79 Å². The number of hydrogen-bond donors (Lipinski definition) is 3. The zero-order chi connectivity index (χ0) is 10.7. The number of carboxylic acids is 1. The van der Waals surface area contributed by atoms with Gasteiger partial charge in [0.15, 0.2) is 0 Å². The summed E-state index contributed by atoms with van der Waals surface area (Å²) in [4.78, 5) is 10.6. The van der Waals surface area contributed by atoms with Gasteiger partial charge in [-0.2, -0.15) is 0 Å². The van der Waals surface area contributed by atoms with Gasteiger partial charge in [0.25, 0.3) is 0 Å². The van der Waals surface area contributed by atoms with Crippen molar-refractivity contribution in [3.05, 3.63) is 29.8 Å². The van der Waals surface area contributed by atoms with E-state index in [9.17, 15) is 4.79 Å². The van der Waals surface area contributed by atoms with Gasteiger partial charge in [-0.15, -0.1) is 0 Å². The number of benzene rings is 1. The molecule has 84 valence electrons. The molecule has 0 aliphatic heterocycles. The van der Waals surface area contributed by atoms with Crippen LogP contribution in [0.2, 0.25) is 0 Å². The molecule has 0 saturated heterocycles. The maximum absolute atomic E-state index is 10.6. The predicted octanol–water partition coefficient (Wildman–Crippen LogP) is 1.92. The lowest BCUT2D eigenvalue weighted by molar-refractivity contribution is -0.138. The molecule has 0 aliphatic carbocycles. The maximum Gasteiger partial charge on any atom is 0.321 e. The minimum absolute atomic E-state index is 0. The highest BCUT2D eigenvalue weighted by Gasteiger charge is 2.22. The first-order valence-corrected chi connectivity index (χ1v) is 5.18. The number of rotatable bonds is 3. The summed E-state index contributed by atoms with van der Waals surface area (Å²) in [5.74, 6) is -0.876. The van der Waals surface area contributed by atoms with E-state index in [0.29, 0.717) is 0 Å². The monoisotopic (exact) mass is 323 g/mol. The molecule has 1 aromatic rings. The molecule has 0 fully saturated rings. The van der Waals surface area contributed by atoms with E-state index >= 15 is 0 Å². The number of aliphatic carboxylic acids is 1. The van der Waals surface area contributed by atoms with Crippen LogP contribution < -0.4 is 5.73 Å². The number of alkyl halides is 1. The molecule has 1 rings (SSSR count). The van der Waals surface area contributed by atoms with E-state index in [0.717, 1.165) is 5.56 Å². The Morgan fingerprint density at radius 3 is 2.20 bits per heavy atom. The van der Waals surface area contributed by atoms with E-state index < -0.39 is 12.0 Å². The lowest BCUT2D eigenvalue weighted by Crippen LogP contribution is -2.33. The Hall–Kier alpha value is -0.820. The summed E-state index contributed by atoms with van der Waals surface area (Å²) in [7, 11) is 0. The van der Waals surface area contributed by atoms with E-state index in [1.807, 2.05) is 22.6 Å². The van der Waals surface area contributed by atoms with Crippen LogP contribution in [-0.2, 0) is 4.79 Å². The molecule has 0 heterocycles. The smallest absolute Gasteiger partial charge is 0.321 e. The molecule has 0 bridgehead atoms. The second kappa shape index (κ2) is 5.92. The molecule has 0 aromatic heterocycles. The first-order valence-electron chi connectivity index (χ1n) is 3.93. The fraction of sp³-hybridized carbons (Fsp3) is 0.300. The van der Waals surface area contributed by atoms with E-state index in [1.54, 1.807) is 12.1 Å². The van der Waals surface area contributed by atoms with Gasteiger partial charge in [-0.05, 0) is 17.7 Å². The standard InChI is InChI=1S/C9H10INO3.CH4/c10-7(8(11)9(13)14)5-1-3-6(12)4-2-5;/h1-4,7-8,12H,11H2,(H,13,14);1H4/t7?,8-;/m0./s1. The predicted molar refractivity (Wildman–Crippen MR) is 67.2 cm³/mol. The largest absolute Gasteiger partial charge is 0.508 e. The fourth-order valence-electron chi connectivity index (χ4n) is 0.991. The van der Waals surface area contributed by atoms with Crippen molar-refractivity contribution in [1.29, 1.82) is 0 Å². The molecule has 0 saturated carbocycles. The SMILES string of the molecule is C.N[C@H](C(=O)O)C(I)c1ccc(O)cc1. The molecule has 0 spiro atoms. The highest BCUT2D eigenvalue weighted by molar-refractivity contribution is 14.1. The molecule has 1 unspecified atom stereocenters. The van der Waals surface area contributed by atoms with Crippen LogP contribution in [0.1, 0.15) is 16.9 Å². The molecule has 2 atom stereocenters. The van der Waals surface area contributed by atoms with Crippen LogP contribution in [0.5, 0.6) is 5.75 Å². The third-order valence-corrected chi connectivity index (χ3v) is 3.31. The highest BCUT2D eigenvalue weighted by Crippen LogP contribution is 2.27. The quantitative estimate of drug-likeness (QED) is 0.586. The van der Waals surface area contributed by atoms with Crippen LogP contribution in [0.25, 0.3) is 0 Å². The van der Waals surface area contributed by atoms with Crippen molar-refractivity contribution in [2.24, 2.45) is 5.73 Å². The normalized spacial score (nSPS) is 13.7. The number of halogens is 1. The zero-order valence-electron chi connectivity index (χ0n) is 7.22. The van der Waals surface area contributed by atoms with Gasteiger partial charge in [-0.25, -0.2) is 0 Å². The molecule has 5 heteroatoms. The number of phenolic OH excluding ortho intramolecular Hbond substituents is 1. The zero-order valence-corrected chi connectivity index (χ0v) is 9.38. The Labute approximate surface area is 102 Å². The van der Waals surface area contributed by atoms with E-state index in [2.05, 4.69) is 0 Å². The van der Waals surface area contributed by atoms with Crippen molar-refractivity contribution in [2.75, 3.05) is 0 Å². The van der Waals surface area contributed by atoms with Crippen LogP contribution in [-0.4, -0.2) is 22.2 Å². The van der Waals surface area contributed by atoms with Crippen LogP contribution in [0, 0.1) is 0 Å². The van der Waals surface area contributed by atoms with Gasteiger partial charge < -0.3 is 15.9 Å². The maximum atomic E-state index is 10.6. The van der Waals surface area contributed by atoms with Crippen LogP contribution in [0.4, 0.5) is 0 Å². The molecule has 15 heavy (non-hydrogen) atoms. The second-order valence-electron chi connectivity index (χ2n) is 2.86. The van der Waals surface area contributed by atoms with Crippen molar-refractivity contribution in [3.63, 3.8) is 0 Å². The van der Waals surface area contributed by atoms with E-state index in [-0.39, 0.29) is 17.1 Å². The summed E-state index contributed by atoms with van der Waals surface area (Å²) in [6.45, 7) is 0. The summed E-state index contributed by atoms with van der Waals surface area (Å²) in [5, 5.41) is 17.7. The lowest BCUT2D eigenvalue weighted by atomic mass is 10.1. The summed E-state index contributed by atoms with van der Waals surface area (Å²) in [6.07, 6.45) is 0. The molecule has 0 amide bonds. The molecular weight excluding hydrogens is 309 g/mol. The Bertz CT molecular complexity index is 326. The number of carboxylic acid groups (broad SMARTS) is 1. The van der Waals surface area contributed by atoms with E-state index in [4.69, 9.17) is 15.9 Å². The molecule has 4 nitrogen and oxygen atoms in total. The summed E-state index contributed by atoms with van der Waals surface area (Å²) < 4.78 is -0.300.